The highest BCUT2D eigenvalue weighted by molar-refractivity contribution is 6.00. The van der Waals surface area contributed by atoms with Crippen LogP contribution in [0.2, 0.25) is 0 Å². The third kappa shape index (κ3) is 4.33. The lowest BCUT2D eigenvalue weighted by Gasteiger charge is -2.33. The normalized spacial score (nSPS) is 19.2. The molecule has 2 aliphatic heterocycles. The van der Waals surface area contributed by atoms with Crippen molar-refractivity contribution in [3.63, 3.8) is 0 Å². The van der Waals surface area contributed by atoms with Crippen LogP contribution in [0.1, 0.15) is 19.3 Å². The Morgan fingerprint density at radius 3 is 2.58 bits per heavy atom. The lowest BCUT2D eigenvalue weighted by molar-refractivity contribution is -0.137. The number of likely N-dealkylation sites (tertiary alicyclic amines) is 1. The van der Waals surface area contributed by atoms with E-state index in [4.69, 9.17) is 9.47 Å². The van der Waals surface area contributed by atoms with Crippen molar-refractivity contribution in [1.82, 2.24) is 15.1 Å². The van der Waals surface area contributed by atoms with Crippen molar-refractivity contribution in [1.29, 1.82) is 0 Å². The van der Waals surface area contributed by atoms with E-state index in [1.165, 1.54) is 0 Å². The summed E-state index contributed by atoms with van der Waals surface area (Å²) in [7, 11) is 1.61. The molecule has 33 heavy (non-hydrogen) atoms. The highest BCUT2D eigenvalue weighted by atomic mass is 16.5. The molecule has 8 nitrogen and oxygen atoms in total. The SMILES string of the molecule is COc1ccc(N2CC(C(=O)N3CCC(Oc4nncc5ccccc45)CC3)CC2=O)cc1. The van der Waals surface area contributed by atoms with Crippen molar-refractivity contribution in [2.75, 3.05) is 31.6 Å². The maximum absolute atomic E-state index is 13.1. The summed E-state index contributed by atoms with van der Waals surface area (Å²) in [6.45, 7) is 1.62. The van der Waals surface area contributed by atoms with Gasteiger partial charge in [0.1, 0.15) is 11.9 Å². The quantitative estimate of drug-likeness (QED) is 0.599. The second-order valence-electron chi connectivity index (χ2n) is 8.48. The average molecular weight is 447 g/mol. The summed E-state index contributed by atoms with van der Waals surface area (Å²) >= 11 is 0. The molecule has 2 amide bonds. The molecule has 2 fully saturated rings. The number of hydrogen-bond donors (Lipinski definition) is 0. The van der Waals surface area contributed by atoms with Gasteiger partial charge in [0.05, 0.1) is 19.2 Å². The number of hydrogen-bond acceptors (Lipinski definition) is 6. The first-order valence-corrected chi connectivity index (χ1v) is 11.2. The molecule has 1 aromatic heterocycles. The maximum atomic E-state index is 13.1. The van der Waals surface area contributed by atoms with Crippen LogP contribution < -0.4 is 14.4 Å². The third-order valence-electron chi connectivity index (χ3n) is 6.43. The van der Waals surface area contributed by atoms with Gasteiger partial charge >= 0.3 is 0 Å². The number of carbonyl (C=O) groups excluding carboxylic acids is 2. The van der Waals surface area contributed by atoms with Crippen molar-refractivity contribution in [2.45, 2.75) is 25.4 Å². The Morgan fingerprint density at radius 2 is 1.82 bits per heavy atom. The standard InChI is InChI=1S/C25H26N4O4/c1-32-20-8-6-19(7-9-20)29-16-18(14-23(29)30)25(31)28-12-10-21(11-13-28)33-24-22-5-3-2-4-17(22)15-26-27-24/h2-9,15,18,21H,10-14,16H2,1H3. The molecule has 1 unspecified atom stereocenters. The maximum Gasteiger partial charge on any atom is 0.241 e. The number of methoxy groups -OCH3 is 1. The molecule has 0 saturated carbocycles. The van der Waals surface area contributed by atoms with Gasteiger partial charge in [-0.15, -0.1) is 5.10 Å². The van der Waals surface area contributed by atoms with Crippen molar-refractivity contribution in [3.05, 3.63) is 54.7 Å². The molecular formula is C25H26N4O4. The van der Waals surface area contributed by atoms with Crippen molar-refractivity contribution < 1.29 is 19.1 Å². The molecule has 2 aromatic carbocycles. The van der Waals surface area contributed by atoms with Crippen LogP contribution in [-0.2, 0) is 9.59 Å². The number of aromatic nitrogens is 2. The first-order chi connectivity index (χ1) is 16.1. The van der Waals surface area contributed by atoms with E-state index in [1.807, 2.05) is 53.4 Å². The van der Waals surface area contributed by atoms with E-state index in [0.717, 1.165) is 35.1 Å². The second-order valence-corrected chi connectivity index (χ2v) is 8.48. The van der Waals surface area contributed by atoms with Crippen LogP contribution in [0.25, 0.3) is 10.8 Å². The predicted octanol–water partition coefficient (Wildman–Crippen LogP) is 3.06. The molecule has 1 atom stereocenters. The largest absolute Gasteiger partial charge is 0.497 e. The summed E-state index contributed by atoms with van der Waals surface area (Å²) in [5, 5.41) is 10.1. The summed E-state index contributed by atoms with van der Waals surface area (Å²) in [5.41, 5.74) is 0.791. The number of anilines is 1. The van der Waals surface area contributed by atoms with Crippen LogP contribution in [0.3, 0.4) is 0 Å². The zero-order chi connectivity index (χ0) is 22.8. The van der Waals surface area contributed by atoms with E-state index < -0.39 is 0 Å². The number of amides is 2. The van der Waals surface area contributed by atoms with Gasteiger partial charge in [0, 0.05) is 55.4 Å². The van der Waals surface area contributed by atoms with E-state index in [0.29, 0.717) is 25.5 Å². The molecule has 2 aliphatic rings. The first-order valence-electron chi connectivity index (χ1n) is 11.2. The lowest BCUT2D eigenvalue weighted by atomic mass is 10.0. The Bertz CT molecular complexity index is 1150. The van der Waals surface area contributed by atoms with E-state index >= 15 is 0 Å². The molecule has 0 spiro atoms. The number of carbonyl (C=O) groups is 2. The highest BCUT2D eigenvalue weighted by Crippen LogP contribution is 2.29. The minimum atomic E-state index is -0.319. The molecule has 3 aromatic rings. The number of piperidine rings is 1. The summed E-state index contributed by atoms with van der Waals surface area (Å²) in [6, 6.07) is 15.2. The smallest absolute Gasteiger partial charge is 0.241 e. The molecule has 0 N–H and O–H groups in total. The molecule has 5 rings (SSSR count). The lowest BCUT2D eigenvalue weighted by Crippen LogP contribution is -2.45. The molecule has 0 radical (unpaired) electrons. The molecular weight excluding hydrogens is 420 g/mol. The second kappa shape index (κ2) is 9.05. The van der Waals surface area contributed by atoms with Gasteiger partial charge in [-0.1, -0.05) is 18.2 Å². The molecule has 8 heteroatoms. The van der Waals surface area contributed by atoms with Crippen molar-refractivity contribution in [3.8, 4) is 11.6 Å². The fraction of sp³-hybridized carbons (Fsp3) is 0.360. The Morgan fingerprint density at radius 1 is 1.06 bits per heavy atom. The van der Waals surface area contributed by atoms with Crippen LogP contribution in [0.5, 0.6) is 11.6 Å². The van der Waals surface area contributed by atoms with Gasteiger partial charge < -0.3 is 19.3 Å². The summed E-state index contributed by atoms with van der Waals surface area (Å²) < 4.78 is 11.3. The average Bonchev–Trinajstić information content (AvgIpc) is 3.26. The van der Waals surface area contributed by atoms with Crippen LogP contribution >= 0.6 is 0 Å². The number of ether oxygens (including phenoxy) is 2. The van der Waals surface area contributed by atoms with E-state index in [9.17, 15) is 9.59 Å². The molecule has 0 aliphatic carbocycles. The fourth-order valence-corrected chi connectivity index (χ4v) is 4.58. The van der Waals surface area contributed by atoms with Crippen LogP contribution in [-0.4, -0.2) is 59.8 Å². The van der Waals surface area contributed by atoms with Gasteiger partial charge in [0.25, 0.3) is 0 Å². The Hall–Kier alpha value is -3.68. The molecule has 3 heterocycles. The number of fused-ring (bicyclic) bond motifs is 1. The summed E-state index contributed by atoms with van der Waals surface area (Å²) in [4.78, 5) is 29.3. The van der Waals surface area contributed by atoms with E-state index in [1.54, 1.807) is 18.2 Å². The minimum absolute atomic E-state index is 0.0184. The monoisotopic (exact) mass is 446 g/mol. The zero-order valence-electron chi connectivity index (χ0n) is 18.5. The van der Waals surface area contributed by atoms with Gasteiger partial charge in [-0.2, -0.15) is 5.10 Å². The van der Waals surface area contributed by atoms with Crippen molar-refractivity contribution >= 4 is 28.3 Å². The van der Waals surface area contributed by atoms with Gasteiger partial charge in [0.15, 0.2) is 0 Å². The third-order valence-corrected chi connectivity index (χ3v) is 6.43. The Kier molecular flexibility index (Phi) is 5.81. The molecule has 170 valence electrons. The zero-order valence-corrected chi connectivity index (χ0v) is 18.5. The van der Waals surface area contributed by atoms with Crippen LogP contribution in [0, 0.1) is 5.92 Å². The molecule has 2 saturated heterocycles. The highest BCUT2D eigenvalue weighted by Gasteiger charge is 2.38. The van der Waals surface area contributed by atoms with E-state index in [-0.39, 0.29) is 30.3 Å². The Balaban J connectivity index is 1.18. The summed E-state index contributed by atoms with van der Waals surface area (Å²) in [6.07, 6.45) is 3.39. The van der Waals surface area contributed by atoms with Gasteiger partial charge in [-0.3, -0.25) is 9.59 Å². The van der Waals surface area contributed by atoms with Crippen LogP contribution in [0.15, 0.2) is 54.7 Å². The van der Waals surface area contributed by atoms with Crippen LogP contribution in [0.4, 0.5) is 5.69 Å². The number of benzene rings is 2. The molecule has 0 bridgehead atoms. The summed E-state index contributed by atoms with van der Waals surface area (Å²) in [5.74, 6) is 0.974. The van der Waals surface area contributed by atoms with E-state index in [2.05, 4.69) is 10.2 Å². The van der Waals surface area contributed by atoms with Gasteiger partial charge in [-0.25, -0.2) is 0 Å². The minimum Gasteiger partial charge on any atom is -0.497 e. The Labute approximate surface area is 192 Å². The number of rotatable bonds is 5. The predicted molar refractivity (Wildman–Crippen MR) is 123 cm³/mol. The topological polar surface area (TPSA) is 84.9 Å². The fourth-order valence-electron chi connectivity index (χ4n) is 4.58. The number of nitrogens with zero attached hydrogens (tertiary/aromatic N) is 4. The van der Waals surface area contributed by atoms with Gasteiger partial charge in [0.2, 0.25) is 17.7 Å². The van der Waals surface area contributed by atoms with Gasteiger partial charge in [-0.05, 0) is 30.3 Å². The van der Waals surface area contributed by atoms with Crippen molar-refractivity contribution in [2.24, 2.45) is 5.92 Å². The first kappa shape index (κ1) is 21.2.